The molecule has 0 heterocycles. The van der Waals surface area contributed by atoms with Gasteiger partial charge in [-0.1, -0.05) is 27.4 Å². The van der Waals surface area contributed by atoms with E-state index in [0.717, 1.165) is 25.2 Å². The standard InChI is InChI=1S/C23H33NO3/c1-5-18(25)24-22-12-21(22,13-22)19(26)27-23(8-14(2)3)16-6-15-7-17(23)11-20(4,9-15)10-16/h5,14-17H,1,6-13H2,2-4H3,(H,24,25). The number of hydrogen-bond donors (Lipinski definition) is 1. The average Bonchev–Trinajstić information content (AvgIpc) is 3.37. The number of esters is 1. The quantitative estimate of drug-likeness (QED) is 0.567. The molecule has 4 heteroatoms. The third-order valence-electron chi connectivity index (χ3n) is 8.70. The Bertz CT molecular complexity index is 701. The van der Waals surface area contributed by atoms with E-state index >= 15 is 0 Å². The third-order valence-corrected chi connectivity index (χ3v) is 8.70. The highest BCUT2D eigenvalue weighted by molar-refractivity contribution is 5.95. The van der Waals surface area contributed by atoms with Crippen LogP contribution in [0.5, 0.6) is 0 Å². The molecule has 148 valence electrons. The van der Waals surface area contributed by atoms with Crippen molar-refractivity contribution in [3.05, 3.63) is 12.7 Å². The fourth-order valence-electron chi connectivity index (χ4n) is 7.62. The lowest BCUT2D eigenvalue weighted by Crippen LogP contribution is -2.62. The van der Waals surface area contributed by atoms with Gasteiger partial charge in [0.1, 0.15) is 5.60 Å². The summed E-state index contributed by atoms with van der Waals surface area (Å²) in [4.78, 5) is 25.0. The minimum Gasteiger partial charge on any atom is -0.458 e. The number of carbonyl (C=O) groups is 2. The van der Waals surface area contributed by atoms with Crippen molar-refractivity contribution < 1.29 is 14.3 Å². The summed E-state index contributed by atoms with van der Waals surface area (Å²) in [6, 6.07) is 0. The maximum atomic E-state index is 13.3. The summed E-state index contributed by atoms with van der Waals surface area (Å²) in [5.41, 5.74) is -0.571. The van der Waals surface area contributed by atoms with Crippen LogP contribution in [0.3, 0.4) is 0 Å². The first-order chi connectivity index (χ1) is 12.7. The number of hydrogen-bond acceptors (Lipinski definition) is 3. The lowest BCUT2D eigenvalue weighted by molar-refractivity contribution is -0.230. The number of ether oxygens (including phenoxy) is 1. The molecule has 6 saturated carbocycles. The maximum Gasteiger partial charge on any atom is 0.315 e. The van der Waals surface area contributed by atoms with Crippen molar-refractivity contribution in [2.24, 2.45) is 34.5 Å². The number of rotatable bonds is 6. The van der Waals surface area contributed by atoms with E-state index in [1.165, 1.54) is 38.2 Å². The molecule has 6 aliphatic rings. The number of amides is 1. The second-order valence-corrected chi connectivity index (χ2v) is 11.3. The SMILES string of the molecule is C=CC(=O)NC12CC1(C(=O)OC1(CC(C)C)C3CC4CC1CC(C)(C4)C3)C2. The van der Waals surface area contributed by atoms with Crippen LogP contribution in [0.2, 0.25) is 0 Å². The Morgan fingerprint density at radius 3 is 2.33 bits per heavy atom. The molecular weight excluding hydrogens is 338 g/mol. The number of nitrogens with one attached hydrogen (secondary N) is 1. The van der Waals surface area contributed by atoms with Crippen LogP contribution in [0.1, 0.15) is 72.1 Å². The van der Waals surface area contributed by atoms with E-state index in [0.29, 0.717) is 23.2 Å². The molecule has 0 radical (unpaired) electrons. The van der Waals surface area contributed by atoms with Crippen LogP contribution >= 0.6 is 0 Å². The van der Waals surface area contributed by atoms with E-state index in [4.69, 9.17) is 4.74 Å². The van der Waals surface area contributed by atoms with E-state index in [-0.39, 0.29) is 23.0 Å². The van der Waals surface area contributed by atoms with Gasteiger partial charge in [0.05, 0.1) is 11.0 Å². The summed E-state index contributed by atoms with van der Waals surface area (Å²) in [5, 5.41) is 2.98. The van der Waals surface area contributed by atoms with Crippen molar-refractivity contribution >= 4 is 11.9 Å². The first-order valence-electron chi connectivity index (χ1n) is 10.8. The van der Waals surface area contributed by atoms with Crippen molar-refractivity contribution in [3.63, 3.8) is 0 Å². The van der Waals surface area contributed by atoms with Crippen LogP contribution in [0.25, 0.3) is 0 Å². The van der Waals surface area contributed by atoms with E-state index in [1.807, 2.05) is 0 Å². The summed E-state index contributed by atoms with van der Waals surface area (Å²) < 4.78 is 6.56. The number of fused-ring (bicyclic) bond motifs is 1. The van der Waals surface area contributed by atoms with Crippen LogP contribution in [-0.4, -0.2) is 23.0 Å². The topological polar surface area (TPSA) is 55.4 Å². The van der Waals surface area contributed by atoms with Gasteiger partial charge in [0.15, 0.2) is 0 Å². The van der Waals surface area contributed by atoms with Crippen LogP contribution in [-0.2, 0) is 14.3 Å². The highest BCUT2D eigenvalue weighted by Crippen LogP contribution is 2.79. The summed E-state index contributed by atoms with van der Waals surface area (Å²) in [7, 11) is 0. The molecule has 1 N–H and O–H groups in total. The van der Waals surface area contributed by atoms with Gasteiger partial charge in [0.25, 0.3) is 0 Å². The molecule has 0 aromatic carbocycles. The van der Waals surface area contributed by atoms with E-state index < -0.39 is 5.41 Å². The van der Waals surface area contributed by atoms with Crippen molar-refractivity contribution in [3.8, 4) is 0 Å². The van der Waals surface area contributed by atoms with Crippen molar-refractivity contribution in [1.82, 2.24) is 5.32 Å². The fourth-order valence-corrected chi connectivity index (χ4v) is 7.62. The van der Waals surface area contributed by atoms with Gasteiger partial charge >= 0.3 is 5.97 Å². The lowest BCUT2D eigenvalue weighted by Gasteiger charge is -2.64. The molecule has 2 unspecified atom stereocenters. The van der Waals surface area contributed by atoms with Gasteiger partial charge in [0, 0.05) is 0 Å². The van der Waals surface area contributed by atoms with Gasteiger partial charge in [-0.25, -0.2) is 0 Å². The second kappa shape index (κ2) is 5.18. The monoisotopic (exact) mass is 371 g/mol. The van der Waals surface area contributed by atoms with E-state index in [9.17, 15) is 9.59 Å². The van der Waals surface area contributed by atoms with Crippen LogP contribution in [0, 0.1) is 34.5 Å². The van der Waals surface area contributed by atoms with Gasteiger partial charge in [0.2, 0.25) is 5.91 Å². The first kappa shape index (κ1) is 17.8. The highest BCUT2D eigenvalue weighted by Gasteiger charge is 2.89. The van der Waals surface area contributed by atoms with E-state index in [1.54, 1.807) is 0 Å². The molecule has 1 amide bonds. The Balaban J connectivity index is 1.38. The summed E-state index contributed by atoms with van der Waals surface area (Å²) in [5.74, 6) is 2.17. The fraction of sp³-hybridized carbons (Fsp3) is 0.826. The van der Waals surface area contributed by atoms with Crippen molar-refractivity contribution in [1.29, 1.82) is 0 Å². The summed E-state index contributed by atoms with van der Waals surface area (Å²) in [6.07, 6.45) is 10.0. The Hall–Kier alpha value is -1.32. The smallest absolute Gasteiger partial charge is 0.315 e. The molecule has 6 aliphatic carbocycles. The predicted molar refractivity (Wildman–Crippen MR) is 103 cm³/mol. The zero-order chi connectivity index (χ0) is 19.2. The van der Waals surface area contributed by atoms with Gasteiger partial charge in [-0.2, -0.15) is 0 Å². The lowest BCUT2D eigenvalue weighted by atomic mass is 9.44. The molecule has 27 heavy (non-hydrogen) atoms. The normalized spacial score (nSPS) is 50.9. The Morgan fingerprint density at radius 2 is 1.81 bits per heavy atom. The Kier molecular flexibility index (Phi) is 3.41. The largest absolute Gasteiger partial charge is 0.458 e. The summed E-state index contributed by atoms with van der Waals surface area (Å²) in [6.45, 7) is 10.5. The van der Waals surface area contributed by atoms with Gasteiger partial charge in [-0.05, 0) is 86.5 Å². The average molecular weight is 372 g/mol. The minimum atomic E-state index is -0.436. The maximum absolute atomic E-state index is 13.3. The van der Waals surface area contributed by atoms with Crippen LogP contribution in [0.4, 0.5) is 0 Å². The van der Waals surface area contributed by atoms with Gasteiger partial charge < -0.3 is 10.1 Å². The molecule has 0 spiro atoms. The van der Waals surface area contributed by atoms with Crippen LogP contribution in [0.15, 0.2) is 12.7 Å². The van der Waals surface area contributed by atoms with Crippen LogP contribution < -0.4 is 5.32 Å². The molecular formula is C23H33NO3. The molecule has 0 aromatic rings. The minimum absolute atomic E-state index is 0.0369. The molecule has 0 aromatic heterocycles. The Labute approximate surface area is 162 Å². The third kappa shape index (κ3) is 2.34. The zero-order valence-electron chi connectivity index (χ0n) is 17.0. The highest BCUT2D eigenvalue weighted by atomic mass is 16.6. The molecule has 6 fully saturated rings. The van der Waals surface area contributed by atoms with Gasteiger partial charge in [-0.3, -0.25) is 9.59 Å². The second-order valence-electron chi connectivity index (χ2n) is 11.3. The molecule has 6 rings (SSSR count). The van der Waals surface area contributed by atoms with Crippen molar-refractivity contribution in [2.75, 3.05) is 0 Å². The first-order valence-corrected chi connectivity index (χ1v) is 10.8. The predicted octanol–water partition coefficient (Wildman–Crippen LogP) is 4.00. The van der Waals surface area contributed by atoms with Crippen molar-refractivity contribution in [2.45, 2.75) is 83.3 Å². The Morgan fingerprint density at radius 1 is 1.19 bits per heavy atom. The number of carbonyl (C=O) groups excluding carboxylic acids is 2. The van der Waals surface area contributed by atoms with E-state index in [2.05, 4.69) is 32.7 Å². The molecule has 4 bridgehead atoms. The van der Waals surface area contributed by atoms with Gasteiger partial charge in [-0.15, -0.1) is 0 Å². The summed E-state index contributed by atoms with van der Waals surface area (Å²) >= 11 is 0. The zero-order valence-corrected chi connectivity index (χ0v) is 17.0. The molecule has 0 aliphatic heterocycles. The molecule has 4 nitrogen and oxygen atoms in total. The molecule has 0 saturated heterocycles. The molecule has 2 atom stereocenters.